The fraction of sp³-hybridized carbons (Fsp3) is 0.130. The second-order valence-corrected chi connectivity index (χ2v) is 10.2. The Balaban J connectivity index is 0.000000224. The molecule has 0 fully saturated rings. The first-order chi connectivity index (χ1) is 19.6. The molecule has 0 spiro atoms. The highest BCUT2D eigenvalue weighted by molar-refractivity contribution is 9.11. The second kappa shape index (κ2) is 15.3. The quantitative estimate of drug-likeness (QED) is 0.173. The van der Waals surface area contributed by atoms with Crippen molar-refractivity contribution in [2.24, 2.45) is 0 Å². The number of nitro benzene ring substituents is 2. The molecule has 13 nitrogen and oxygen atoms in total. The number of fused-ring (bicyclic) bond motifs is 1. The van der Waals surface area contributed by atoms with Crippen molar-refractivity contribution in [2.75, 3.05) is 25.6 Å². The van der Waals surface area contributed by atoms with Crippen molar-refractivity contribution < 1.29 is 51.9 Å². The van der Waals surface area contributed by atoms with Crippen LogP contribution in [0.1, 0.15) is 0 Å². The number of carbonyl (C=O) groups is 2. The van der Waals surface area contributed by atoms with Crippen molar-refractivity contribution in [3.05, 3.63) is 87.5 Å². The lowest BCUT2D eigenvalue weighted by Crippen LogP contribution is -2.25. The van der Waals surface area contributed by atoms with Crippen LogP contribution in [0.5, 0.6) is 17.2 Å². The van der Waals surface area contributed by atoms with E-state index in [1.807, 2.05) is 0 Å². The molecule has 42 heavy (non-hydrogen) atoms. The molecule has 3 aromatic rings. The average Bonchev–Trinajstić information content (AvgIpc) is 2.89. The summed E-state index contributed by atoms with van der Waals surface area (Å²) in [6.07, 6.45) is 0. The Bertz CT molecular complexity index is 1550. The Morgan fingerprint density at radius 2 is 1.48 bits per heavy atom. The SMILES string of the molecule is COC(=O)COc1c(F)cc(Br)cc1[N+](=O)[O-].O=C1COc2c(F)cc(Br)cc2N1.O=[N+]([O-])c1cc(Br)cc(F)c1O. The molecule has 1 aliphatic heterocycles. The topological polar surface area (TPSA) is 180 Å². The molecule has 0 aliphatic carbocycles. The number of anilines is 1. The summed E-state index contributed by atoms with van der Waals surface area (Å²) in [7, 11) is 1.12. The van der Waals surface area contributed by atoms with Crippen molar-refractivity contribution >= 4 is 76.7 Å². The van der Waals surface area contributed by atoms with Gasteiger partial charge in [-0.1, -0.05) is 47.8 Å². The van der Waals surface area contributed by atoms with Crippen LogP contribution in [0, 0.1) is 37.7 Å². The Kier molecular flexibility index (Phi) is 12.5. The van der Waals surface area contributed by atoms with Gasteiger partial charge in [-0.2, -0.15) is 0 Å². The van der Waals surface area contributed by atoms with E-state index in [9.17, 15) is 43.0 Å². The van der Waals surface area contributed by atoms with Crippen molar-refractivity contribution in [3.8, 4) is 17.2 Å². The molecule has 1 amide bonds. The lowest BCUT2D eigenvalue weighted by Gasteiger charge is -2.18. The number of carbonyl (C=O) groups excluding carboxylic acids is 2. The Labute approximate surface area is 258 Å². The number of methoxy groups -OCH3 is 1. The summed E-state index contributed by atoms with van der Waals surface area (Å²) in [4.78, 5) is 40.9. The summed E-state index contributed by atoms with van der Waals surface area (Å²) in [5.41, 5.74) is -0.856. The predicted octanol–water partition coefficient (Wildman–Crippen LogP) is 6.17. The van der Waals surface area contributed by atoms with E-state index < -0.39 is 62.7 Å². The van der Waals surface area contributed by atoms with E-state index in [0.29, 0.717) is 10.2 Å². The zero-order chi connectivity index (χ0) is 31.7. The van der Waals surface area contributed by atoms with Crippen LogP contribution in [0.25, 0.3) is 0 Å². The van der Waals surface area contributed by atoms with Gasteiger partial charge in [0.25, 0.3) is 5.91 Å². The van der Waals surface area contributed by atoms with Crippen LogP contribution < -0.4 is 14.8 Å². The molecule has 0 unspecified atom stereocenters. The van der Waals surface area contributed by atoms with E-state index >= 15 is 0 Å². The summed E-state index contributed by atoms with van der Waals surface area (Å²) in [6, 6.07) is 6.93. The predicted molar refractivity (Wildman–Crippen MR) is 149 cm³/mol. The van der Waals surface area contributed by atoms with E-state index in [1.165, 1.54) is 6.07 Å². The van der Waals surface area contributed by atoms with Crippen LogP contribution in [-0.4, -0.2) is 47.2 Å². The monoisotopic (exact) mass is 787 g/mol. The summed E-state index contributed by atoms with van der Waals surface area (Å²) >= 11 is 8.89. The number of ether oxygens (including phenoxy) is 3. The number of hydrogen-bond acceptors (Lipinski definition) is 10. The third kappa shape index (κ3) is 9.55. The second-order valence-electron chi connectivity index (χ2n) is 7.47. The Morgan fingerprint density at radius 3 is 2.05 bits per heavy atom. The first-order valence-electron chi connectivity index (χ1n) is 10.7. The minimum atomic E-state index is -1.02. The van der Waals surface area contributed by atoms with Crippen LogP contribution in [-0.2, 0) is 14.3 Å². The van der Waals surface area contributed by atoms with E-state index in [0.717, 1.165) is 31.4 Å². The lowest BCUT2D eigenvalue weighted by molar-refractivity contribution is -0.386. The van der Waals surface area contributed by atoms with Crippen molar-refractivity contribution in [1.29, 1.82) is 0 Å². The molecule has 224 valence electrons. The average molecular weight is 790 g/mol. The van der Waals surface area contributed by atoms with Crippen LogP contribution in [0.3, 0.4) is 0 Å². The van der Waals surface area contributed by atoms with E-state index in [2.05, 4.69) is 57.8 Å². The molecule has 2 N–H and O–H groups in total. The van der Waals surface area contributed by atoms with Crippen molar-refractivity contribution in [2.45, 2.75) is 0 Å². The number of phenols is 1. The highest BCUT2D eigenvalue weighted by atomic mass is 79.9. The molecule has 0 saturated carbocycles. The normalized spacial score (nSPS) is 11.3. The van der Waals surface area contributed by atoms with Crippen molar-refractivity contribution in [3.63, 3.8) is 0 Å². The van der Waals surface area contributed by atoms with Gasteiger partial charge < -0.3 is 24.6 Å². The van der Waals surface area contributed by atoms with Gasteiger partial charge in [-0.25, -0.2) is 18.0 Å². The largest absolute Gasteiger partial charge is 0.500 e. The van der Waals surface area contributed by atoms with Gasteiger partial charge in [-0.05, 0) is 24.3 Å². The van der Waals surface area contributed by atoms with Gasteiger partial charge in [0.05, 0.1) is 22.6 Å². The molecular formula is C23H15Br3F3N3O10. The number of amides is 1. The van der Waals surface area contributed by atoms with Crippen LogP contribution in [0.15, 0.2) is 49.8 Å². The molecule has 4 rings (SSSR count). The number of nitrogens with one attached hydrogen (secondary N) is 1. The van der Waals surface area contributed by atoms with Crippen molar-refractivity contribution in [1.82, 2.24) is 0 Å². The van der Waals surface area contributed by atoms with Gasteiger partial charge in [-0.15, -0.1) is 0 Å². The summed E-state index contributed by atoms with van der Waals surface area (Å²) in [5, 5.41) is 32.2. The van der Waals surface area contributed by atoms with E-state index in [4.69, 9.17) is 14.6 Å². The first kappa shape index (κ1) is 34.2. The fourth-order valence-electron chi connectivity index (χ4n) is 2.83. The van der Waals surface area contributed by atoms with Crippen LogP contribution >= 0.6 is 47.8 Å². The van der Waals surface area contributed by atoms with Gasteiger partial charge in [0, 0.05) is 25.6 Å². The lowest BCUT2D eigenvalue weighted by atomic mass is 10.2. The molecule has 0 aromatic heterocycles. The van der Waals surface area contributed by atoms with Crippen LogP contribution in [0.2, 0.25) is 0 Å². The minimum absolute atomic E-state index is 0.0998. The maximum atomic E-state index is 13.4. The Morgan fingerprint density at radius 1 is 0.952 bits per heavy atom. The number of nitrogens with zero attached hydrogens (tertiary/aromatic N) is 2. The fourth-order valence-corrected chi connectivity index (χ4v) is 4.10. The molecule has 0 saturated heterocycles. The molecule has 1 aliphatic rings. The number of nitro groups is 2. The summed E-state index contributed by atoms with van der Waals surface area (Å²) in [5.74, 6) is -4.91. The first-order valence-corrected chi connectivity index (χ1v) is 13.1. The third-order valence-corrected chi connectivity index (χ3v) is 5.96. The Hall–Kier alpha value is -3.97. The molecule has 0 atom stereocenters. The maximum Gasteiger partial charge on any atom is 0.343 e. The zero-order valence-electron chi connectivity index (χ0n) is 20.7. The zero-order valence-corrected chi connectivity index (χ0v) is 25.4. The third-order valence-electron chi connectivity index (χ3n) is 4.58. The number of phenolic OH excluding ortho intramolecular Hbond substituents is 1. The van der Waals surface area contributed by atoms with E-state index in [1.54, 1.807) is 6.07 Å². The number of esters is 1. The molecule has 0 radical (unpaired) electrons. The molecule has 1 heterocycles. The molecule has 0 bridgehead atoms. The maximum absolute atomic E-state index is 13.4. The van der Waals surface area contributed by atoms with Crippen LogP contribution in [0.4, 0.5) is 30.2 Å². The van der Waals surface area contributed by atoms with Gasteiger partial charge >= 0.3 is 17.3 Å². The van der Waals surface area contributed by atoms with Gasteiger partial charge in [0.1, 0.15) is 0 Å². The number of hydrogen-bond donors (Lipinski definition) is 2. The minimum Gasteiger partial charge on any atom is -0.500 e. The van der Waals surface area contributed by atoms with E-state index in [-0.39, 0.29) is 27.2 Å². The molecular weight excluding hydrogens is 775 g/mol. The summed E-state index contributed by atoms with van der Waals surface area (Å²) < 4.78 is 54.1. The molecule has 19 heteroatoms. The number of rotatable bonds is 5. The smallest absolute Gasteiger partial charge is 0.343 e. The van der Waals surface area contributed by atoms with Gasteiger partial charge in [0.2, 0.25) is 11.5 Å². The number of benzene rings is 3. The standard InChI is InChI=1S/C9H7BrFNO5.C8H5BrFNO2.C6H3BrFNO3/c1-16-8(13)4-17-9-6(11)2-5(10)3-7(9)12(14)15;9-4-1-5(10)8-6(2-4)11-7(12)3-13-8;7-3-1-4(8)6(10)5(2-3)9(11)12/h2-3H,4H2,1H3;1-2H,3H2,(H,11,12);1-2,10H. The molecule has 3 aromatic carbocycles. The highest BCUT2D eigenvalue weighted by Gasteiger charge is 2.23. The van der Waals surface area contributed by atoms with Gasteiger partial charge in [-0.3, -0.25) is 25.0 Å². The van der Waals surface area contributed by atoms with Gasteiger partial charge in [0.15, 0.2) is 36.4 Å². The summed E-state index contributed by atoms with van der Waals surface area (Å²) in [6.45, 7) is -0.735. The highest BCUT2D eigenvalue weighted by Crippen LogP contribution is 2.35. The number of aromatic hydroxyl groups is 1. The number of halogens is 6.